The Balaban J connectivity index is 2.00. The van der Waals surface area contributed by atoms with Crippen LogP contribution in [0, 0.1) is 29.1 Å². The zero-order valence-corrected chi connectivity index (χ0v) is 22.8. The number of esters is 3. The molecule has 0 amide bonds. The normalized spacial score (nSPS) is 47.4. The van der Waals surface area contributed by atoms with Gasteiger partial charge >= 0.3 is 17.9 Å². The van der Waals surface area contributed by atoms with Gasteiger partial charge in [0.2, 0.25) is 0 Å². The smallest absolute Gasteiger partial charge is 0.303 e. The number of fused-ring (bicyclic) bond motifs is 5. The van der Waals surface area contributed by atoms with E-state index >= 15 is 0 Å². The summed E-state index contributed by atoms with van der Waals surface area (Å²) in [5.41, 5.74) is -8.55. The predicted molar refractivity (Wildman–Crippen MR) is 128 cm³/mol. The monoisotopic (exact) mass is 542 g/mol. The van der Waals surface area contributed by atoms with E-state index in [1.165, 1.54) is 26.8 Å². The maximum absolute atomic E-state index is 13.3. The lowest BCUT2D eigenvalue weighted by atomic mass is 9.58. The van der Waals surface area contributed by atoms with Crippen LogP contribution in [0.5, 0.6) is 0 Å². The van der Waals surface area contributed by atoms with Crippen LogP contribution in [0.25, 0.3) is 0 Å². The Morgan fingerprint density at radius 1 is 1.08 bits per heavy atom. The van der Waals surface area contributed by atoms with Crippen LogP contribution in [0.3, 0.4) is 0 Å². The van der Waals surface area contributed by atoms with E-state index in [0.29, 0.717) is 0 Å². The second-order valence-corrected chi connectivity index (χ2v) is 12.3. The second kappa shape index (κ2) is 8.24. The number of Topliss-reactive ketones (excluding diaryl/α,β-unsaturated/α-hetero) is 1. The van der Waals surface area contributed by atoms with E-state index in [1.54, 1.807) is 20.8 Å². The van der Waals surface area contributed by atoms with E-state index in [4.69, 9.17) is 25.8 Å². The Morgan fingerprint density at radius 3 is 2.19 bits per heavy atom. The van der Waals surface area contributed by atoms with Crippen molar-refractivity contribution in [3.05, 3.63) is 11.6 Å². The van der Waals surface area contributed by atoms with Crippen LogP contribution in [0.15, 0.2) is 11.6 Å². The molecule has 4 rings (SSSR count). The van der Waals surface area contributed by atoms with Crippen molar-refractivity contribution in [2.45, 2.75) is 88.8 Å². The molecule has 0 aromatic carbocycles. The molecule has 0 aromatic rings. The Hall–Kier alpha value is -2.01. The molecule has 10 nitrogen and oxygen atoms in total. The topological polar surface area (TPSA) is 157 Å². The van der Waals surface area contributed by atoms with Gasteiger partial charge in [0.25, 0.3) is 0 Å². The molecule has 0 saturated heterocycles. The summed E-state index contributed by atoms with van der Waals surface area (Å²) in [6.45, 7) is 9.57. The summed E-state index contributed by atoms with van der Waals surface area (Å²) in [7, 11) is 0. The van der Waals surface area contributed by atoms with Crippen molar-refractivity contribution in [3.63, 3.8) is 0 Å². The Kier molecular flexibility index (Phi) is 6.24. The minimum atomic E-state index is -2.29. The van der Waals surface area contributed by atoms with E-state index < -0.39 is 99.7 Å². The summed E-state index contributed by atoms with van der Waals surface area (Å²) in [4.78, 5) is 49.5. The standard InChI is InChI=1S/C26H35ClO10/c1-11-8-16-24(33,20(11)31)9-23(32,10-35-13(3)28)19(27)17-18-22(6,7)26(18,37-15(5)30)21(36-14(4)29)12(2)25(16,17)34/h8,12,16-19,21,32-34H,9-10H2,1-7H3/t12-,16-,17-,18-,19+,21-,23+,24-,25+,26-/m1/s1. The molecule has 0 radical (unpaired) electrons. The summed E-state index contributed by atoms with van der Waals surface area (Å²) < 4.78 is 16.7. The number of ketones is 1. The molecule has 3 saturated carbocycles. The van der Waals surface area contributed by atoms with Gasteiger partial charge in [0.1, 0.15) is 23.9 Å². The lowest BCUT2D eigenvalue weighted by Gasteiger charge is -2.54. The van der Waals surface area contributed by atoms with Crippen molar-refractivity contribution in [1.82, 2.24) is 0 Å². The van der Waals surface area contributed by atoms with Gasteiger partial charge in [-0.1, -0.05) is 26.8 Å². The molecule has 0 bridgehead atoms. The summed E-state index contributed by atoms with van der Waals surface area (Å²) in [6.07, 6.45) is -0.296. The molecule has 206 valence electrons. The average molecular weight is 543 g/mol. The second-order valence-electron chi connectivity index (χ2n) is 11.9. The van der Waals surface area contributed by atoms with E-state index in [2.05, 4.69) is 0 Å². The maximum atomic E-state index is 13.3. The van der Waals surface area contributed by atoms with Crippen LogP contribution in [0.1, 0.15) is 54.9 Å². The van der Waals surface area contributed by atoms with Gasteiger partial charge in [-0.2, -0.15) is 0 Å². The highest BCUT2D eigenvalue weighted by Gasteiger charge is 2.89. The molecule has 3 N–H and O–H groups in total. The van der Waals surface area contributed by atoms with E-state index in [9.17, 15) is 34.5 Å². The fraction of sp³-hybridized carbons (Fsp3) is 0.769. The average Bonchev–Trinajstić information content (AvgIpc) is 3.16. The molecular formula is C26H35ClO10. The lowest BCUT2D eigenvalue weighted by molar-refractivity contribution is -0.232. The number of carbonyl (C=O) groups is 4. The van der Waals surface area contributed by atoms with Crippen LogP contribution < -0.4 is 0 Å². The molecule has 0 spiro atoms. The SMILES string of the molecule is CC(=O)OC[C@@]1(O)C[C@]2(O)C(=O)C(C)=C[C@H]2[C@]2(O)[C@H]([C@@H]3C(C)(C)[C@]3(OC(C)=O)[C@H](OC(C)=O)[C@H]2C)[C@@H]1Cl. The Labute approximate surface area is 220 Å². The number of hydrogen-bond donors (Lipinski definition) is 3. The quantitative estimate of drug-likeness (QED) is 0.266. The first-order chi connectivity index (χ1) is 16.8. The summed E-state index contributed by atoms with van der Waals surface area (Å²) in [6, 6.07) is 0. The number of aliphatic hydroxyl groups is 3. The van der Waals surface area contributed by atoms with Gasteiger partial charge < -0.3 is 29.5 Å². The van der Waals surface area contributed by atoms with E-state index in [0.717, 1.165) is 6.92 Å². The van der Waals surface area contributed by atoms with Crippen molar-refractivity contribution >= 4 is 35.3 Å². The molecule has 4 aliphatic carbocycles. The fourth-order valence-corrected chi connectivity index (χ4v) is 8.39. The molecule has 11 heteroatoms. The summed E-state index contributed by atoms with van der Waals surface area (Å²) in [5, 5.41) is 35.0. The number of hydrogen-bond acceptors (Lipinski definition) is 10. The Morgan fingerprint density at radius 2 is 1.68 bits per heavy atom. The molecule has 3 fully saturated rings. The van der Waals surface area contributed by atoms with E-state index in [1.807, 2.05) is 0 Å². The lowest BCUT2D eigenvalue weighted by Crippen LogP contribution is -2.67. The minimum absolute atomic E-state index is 0.186. The first kappa shape index (κ1) is 28.0. The third-order valence-electron chi connectivity index (χ3n) is 9.38. The zero-order valence-electron chi connectivity index (χ0n) is 22.0. The molecule has 4 aliphatic rings. The van der Waals surface area contributed by atoms with Crippen LogP contribution >= 0.6 is 11.6 Å². The molecule has 0 aromatic heterocycles. The number of ether oxygens (including phenoxy) is 3. The highest BCUT2D eigenvalue weighted by Crippen LogP contribution is 2.78. The van der Waals surface area contributed by atoms with Crippen LogP contribution in [0.4, 0.5) is 0 Å². The molecular weight excluding hydrogens is 508 g/mol. The number of rotatable bonds is 4. The Bertz CT molecular complexity index is 1100. The third kappa shape index (κ3) is 3.48. The minimum Gasteiger partial charge on any atom is -0.463 e. The molecule has 10 atom stereocenters. The largest absolute Gasteiger partial charge is 0.463 e. The van der Waals surface area contributed by atoms with Crippen LogP contribution in [-0.2, 0) is 33.4 Å². The number of carbonyl (C=O) groups excluding carboxylic acids is 4. The van der Waals surface area contributed by atoms with E-state index in [-0.39, 0.29) is 5.57 Å². The van der Waals surface area contributed by atoms with Crippen molar-refractivity contribution in [2.75, 3.05) is 6.61 Å². The first-order valence-electron chi connectivity index (χ1n) is 12.4. The first-order valence-corrected chi connectivity index (χ1v) is 12.8. The zero-order chi connectivity index (χ0) is 28.1. The van der Waals surface area contributed by atoms with Gasteiger partial charge in [-0.05, 0) is 12.5 Å². The fourth-order valence-electron chi connectivity index (χ4n) is 7.90. The van der Waals surface area contributed by atoms with Gasteiger partial charge in [0.05, 0.1) is 11.0 Å². The predicted octanol–water partition coefficient (Wildman–Crippen LogP) is 1.05. The van der Waals surface area contributed by atoms with Crippen molar-refractivity contribution in [3.8, 4) is 0 Å². The number of halogens is 1. The van der Waals surface area contributed by atoms with Crippen molar-refractivity contribution < 1.29 is 48.7 Å². The van der Waals surface area contributed by atoms with Crippen molar-refractivity contribution in [1.29, 1.82) is 0 Å². The molecule has 0 heterocycles. The molecule has 37 heavy (non-hydrogen) atoms. The van der Waals surface area contributed by atoms with Crippen LogP contribution in [0.2, 0.25) is 0 Å². The van der Waals surface area contributed by atoms with Gasteiger partial charge in [0.15, 0.2) is 11.4 Å². The number of alkyl halides is 1. The van der Waals surface area contributed by atoms with Gasteiger partial charge in [-0.25, -0.2) is 0 Å². The molecule has 0 aliphatic heterocycles. The van der Waals surface area contributed by atoms with Gasteiger partial charge in [-0.15, -0.1) is 11.6 Å². The third-order valence-corrected chi connectivity index (χ3v) is 10.1. The maximum Gasteiger partial charge on any atom is 0.303 e. The highest BCUT2D eigenvalue weighted by molar-refractivity contribution is 6.22. The summed E-state index contributed by atoms with van der Waals surface area (Å²) >= 11 is 7.01. The highest BCUT2D eigenvalue weighted by atomic mass is 35.5. The van der Waals surface area contributed by atoms with Crippen LogP contribution in [-0.4, -0.2) is 79.5 Å². The molecule has 0 unspecified atom stereocenters. The van der Waals surface area contributed by atoms with Gasteiger partial charge in [-0.3, -0.25) is 19.2 Å². The van der Waals surface area contributed by atoms with Crippen molar-refractivity contribution in [2.24, 2.45) is 29.1 Å². The van der Waals surface area contributed by atoms with Gasteiger partial charge in [0, 0.05) is 56.3 Å². The summed E-state index contributed by atoms with van der Waals surface area (Å²) in [5.74, 6) is -6.80.